The number of benzene rings is 1. The van der Waals surface area contributed by atoms with Crippen molar-refractivity contribution >= 4 is 17.6 Å². The van der Waals surface area contributed by atoms with E-state index >= 15 is 0 Å². The van der Waals surface area contributed by atoms with E-state index in [1.807, 2.05) is 6.92 Å². The van der Waals surface area contributed by atoms with Crippen molar-refractivity contribution in [2.75, 3.05) is 5.32 Å². The predicted molar refractivity (Wildman–Crippen MR) is 55.1 cm³/mol. The average molecular weight is 208 g/mol. The molecule has 0 bridgehead atoms. The Morgan fingerprint density at radius 1 is 1.40 bits per heavy atom. The monoisotopic (exact) mass is 208 g/mol. The molecular formula is C10H12N2O3. The molecule has 15 heavy (non-hydrogen) atoms. The summed E-state index contributed by atoms with van der Waals surface area (Å²) in [6.45, 7) is 3.21. The Morgan fingerprint density at radius 2 is 2.07 bits per heavy atom. The molecule has 0 heterocycles. The summed E-state index contributed by atoms with van der Waals surface area (Å²) < 4.78 is 0. The maximum absolute atomic E-state index is 11.2. The third-order valence-electron chi connectivity index (χ3n) is 1.81. The van der Waals surface area contributed by atoms with Gasteiger partial charge in [-0.3, -0.25) is 4.79 Å². The van der Waals surface area contributed by atoms with Crippen LogP contribution in [-0.2, 0) is 9.63 Å². The zero-order valence-corrected chi connectivity index (χ0v) is 8.53. The summed E-state index contributed by atoms with van der Waals surface area (Å²) in [6.07, 6.45) is 0. The number of aryl methyl sites for hydroxylation is 1. The first-order valence-electron chi connectivity index (χ1n) is 4.34. The molecule has 1 rings (SSSR count). The second kappa shape index (κ2) is 4.56. The van der Waals surface area contributed by atoms with Crippen molar-refractivity contribution in [2.45, 2.75) is 13.8 Å². The highest BCUT2D eigenvalue weighted by atomic mass is 16.7. The number of carbonyl (C=O) groups excluding carboxylic acids is 2. The molecule has 0 aliphatic heterocycles. The van der Waals surface area contributed by atoms with Gasteiger partial charge in [0.1, 0.15) is 0 Å². The maximum atomic E-state index is 11.2. The molecule has 5 heteroatoms. The van der Waals surface area contributed by atoms with Gasteiger partial charge in [-0.15, -0.1) is 0 Å². The van der Waals surface area contributed by atoms with E-state index in [2.05, 4.69) is 10.2 Å². The molecule has 1 aromatic carbocycles. The van der Waals surface area contributed by atoms with Gasteiger partial charge in [0.2, 0.25) is 5.91 Å². The molecule has 5 nitrogen and oxygen atoms in total. The zero-order chi connectivity index (χ0) is 11.4. The fourth-order valence-electron chi connectivity index (χ4n) is 1.19. The van der Waals surface area contributed by atoms with Crippen LogP contribution < -0.4 is 11.2 Å². The number of nitrogens with two attached hydrogens (primary N) is 1. The Hall–Kier alpha value is -1.88. The molecule has 0 atom stereocenters. The van der Waals surface area contributed by atoms with Crippen LogP contribution >= 0.6 is 0 Å². The molecule has 80 valence electrons. The summed E-state index contributed by atoms with van der Waals surface area (Å²) in [5.41, 5.74) is 1.56. The van der Waals surface area contributed by atoms with E-state index in [1.165, 1.54) is 6.92 Å². The number of carbonyl (C=O) groups is 2. The van der Waals surface area contributed by atoms with Crippen LogP contribution in [0, 0.1) is 6.92 Å². The van der Waals surface area contributed by atoms with Gasteiger partial charge in [-0.25, -0.2) is 4.79 Å². The summed E-state index contributed by atoms with van der Waals surface area (Å²) in [4.78, 5) is 26.2. The highest BCUT2D eigenvalue weighted by Gasteiger charge is 2.12. The van der Waals surface area contributed by atoms with E-state index in [0.717, 1.165) is 5.56 Å². The van der Waals surface area contributed by atoms with Crippen LogP contribution in [0.3, 0.4) is 0 Å². The number of anilines is 1. The molecule has 0 spiro atoms. The Morgan fingerprint density at radius 3 is 2.60 bits per heavy atom. The molecule has 0 fully saturated rings. The lowest BCUT2D eigenvalue weighted by atomic mass is 10.1. The summed E-state index contributed by atoms with van der Waals surface area (Å²) in [7, 11) is 0. The summed E-state index contributed by atoms with van der Waals surface area (Å²) in [6, 6.07) is 4.96. The second-order valence-electron chi connectivity index (χ2n) is 3.14. The molecule has 0 unspecified atom stereocenters. The predicted octanol–water partition coefficient (Wildman–Crippen LogP) is 0.984. The van der Waals surface area contributed by atoms with Crippen LogP contribution in [0.15, 0.2) is 18.2 Å². The van der Waals surface area contributed by atoms with Crippen molar-refractivity contribution in [1.82, 2.24) is 0 Å². The first-order valence-corrected chi connectivity index (χ1v) is 4.34. The number of hydrogen-bond donors (Lipinski definition) is 2. The van der Waals surface area contributed by atoms with Crippen molar-refractivity contribution in [1.29, 1.82) is 0 Å². The minimum absolute atomic E-state index is 0.235. The van der Waals surface area contributed by atoms with Crippen molar-refractivity contribution in [3.05, 3.63) is 29.3 Å². The largest absolute Gasteiger partial charge is 0.370 e. The van der Waals surface area contributed by atoms with Crippen LogP contribution in [0.1, 0.15) is 22.8 Å². The minimum atomic E-state index is -0.682. The fraction of sp³-hybridized carbons (Fsp3) is 0.200. The molecule has 0 radical (unpaired) electrons. The van der Waals surface area contributed by atoms with Gasteiger partial charge in [-0.2, -0.15) is 5.90 Å². The third kappa shape index (κ3) is 2.78. The van der Waals surface area contributed by atoms with Crippen molar-refractivity contribution < 1.29 is 14.4 Å². The smallest absolute Gasteiger partial charge is 0.358 e. The average Bonchev–Trinajstić information content (AvgIpc) is 2.16. The molecule has 1 aromatic rings. The third-order valence-corrected chi connectivity index (χ3v) is 1.81. The van der Waals surface area contributed by atoms with Gasteiger partial charge in [-0.1, -0.05) is 6.07 Å². The number of rotatable bonds is 2. The minimum Gasteiger partial charge on any atom is -0.370 e. The van der Waals surface area contributed by atoms with Gasteiger partial charge in [0.15, 0.2) is 0 Å². The van der Waals surface area contributed by atoms with E-state index in [0.29, 0.717) is 5.69 Å². The number of amides is 1. The van der Waals surface area contributed by atoms with E-state index < -0.39 is 5.97 Å². The SMILES string of the molecule is CC(=O)Nc1cc(C)ccc1C(=O)ON. The standard InChI is InChI=1S/C10H12N2O3/c1-6-3-4-8(10(14)15-11)9(5-6)12-7(2)13/h3-5H,11H2,1-2H3,(H,12,13). The van der Waals surface area contributed by atoms with E-state index in [1.54, 1.807) is 18.2 Å². The van der Waals surface area contributed by atoms with Crippen LogP contribution in [0.2, 0.25) is 0 Å². The van der Waals surface area contributed by atoms with Gasteiger partial charge in [0, 0.05) is 6.92 Å². The molecule has 0 aromatic heterocycles. The van der Waals surface area contributed by atoms with Crippen molar-refractivity contribution in [2.24, 2.45) is 5.90 Å². The number of nitrogens with one attached hydrogen (secondary N) is 1. The van der Waals surface area contributed by atoms with Crippen LogP contribution in [0.5, 0.6) is 0 Å². The van der Waals surface area contributed by atoms with Gasteiger partial charge in [0.05, 0.1) is 11.3 Å². The van der Waals surface area contributed by atoms with Gasteiger partial charge in [-0.05, 0) is 24.6 Å². The lowest BCUT2D eigenvalue weighted by Crippen LogP contribution is -2.15. The van der Waals surface area contributed by atoms with Crippen LogP contribution in [0.25, 0.3) is 0 Å². The molecule has 3 N–H and O–H groups in total. The lowest BCUT2D eigenvalue weighted by Gasteiger charge is -2.08. The Kier molecular flexibility index (Phi) is 3.41. The molecule has 1 amide bonds. The quantitative estimate of drug-likeness (QED) is 0.710. The molecule has 0 aliphatic rings. The normalized spacial score (nSPS) is 9.53. The van der Waals surface area contributed by atoms with Gasteiger partial charge >= 0.3 is 5.97 Å². The molecule has 0 saturated heterocycles. The molecule has 0 saturated carbocycles. The highest BCUT2D eigenvalue weighted by molar-refractivity contribution is 6.00. The summed E-state index contributed by atoms with van der Waals surface area (Å²) in [5, 5.41) is 2.53. The summed E-state index contributed by atoms with van der Waals surface area (Å²) in [5.74, 6) is 3.84. The van der Waals surface area contributed by atoms with Crippen molar-refractivity contribution in [3.8, 4) is 0 Å². The van der Waals surface area contributed by atoms with Gasteiger partial charge in [0.25, 0.3) is 0 Å². The lowest BCUT2D eigenvalue weighted by molar-refractivity contribution is -0.114. The Labute approximate surface area is 87.2 Å². The fourth-order valence-corrected chi connectivity index (χ4v) is 1.19. The molecular weight excluding hydrogens is 196 g/mol. The van der Waals surface area contributed by atoms with E-state index in [9.17, 15) is 9.59 Å². The molecule has 0 aliphatic carbocycles. The first-order chi connectivity index (χ1) is 7.04. The van der Waals surface area contributed by atoms with Gasteiger partial charge < -0.3 is 10.2 Å². The topological polar surface area (TPSA) is 81.4 Å². The Bertz CT molecular complexity index is 402. The van der Waals surface area contributed by atoms with Crippen LogP contribution in [0.4, 0.5) is 5.69 Å². The van der Waals surface area contributed by atoms with E-state index in [-0.39, 0.29) is 11.5 Å². The van der Waals surface area contributed by atoms with Crippen LogP contribution in [-0.4, -0.2) is 11.9 Å². The van der Waals surface area contributed by atoms with E-state index in [4.69, 9.17) is 5.90 Å². The Balaban J connectivity index is 3.13. The highest BCUT2D eigenvalue weighted by Crippen LogP contribution is 2.18. The second-order valence-corrected chi connectivity index (χ2v) is 3.14. The first kappa shape index (κ1) is 11.2. The maximum Gasteiger partial charge on any atom is 0.358 e. The zero-order valence-electron chi connectivity index (χ0n) is 8.53. The summed E-state index contributed by atoms with van der Waals surface area (Å²) >= 11 is 0. The van der Waals surface area contributed by atoms with Crippen molar-refractivity contribution in [3.63, 3.8) is 0 Å². The number of hydrogen-bond acceptors (Lipinski definition) is 4.